The zero-order valence-electron chi connectivity index (χ0n) is 8.54. The lowest BCUT2D eigenvalue weighted by Gasteiger charge is -2.08. The summed E-state index contributed by atoms with van der Waals surface area (Å²) in [5.41, 5.74) is 1.39. The Morgan fingerprint density at radius 1 is 1.40 bits per heavy atom. The Balaban J connectivity index is 2.88. The summed E-state index contributed by atoms with van der Waals surface area (Å²) < 4.78 is 0.991. The molecule has 4 heteroatoms. The normalized spacial score (nSPS) is 11.2. The Labute approximate surface area is 95.7 Å². The fraction of sp³-hybridized carbons (Fsp3) is 0.273. The van der Waals surface area contributed by atoms with Gasteiger partial charge in [-0.05, 0) is 24.1 Å². The van der Waals surface area contributed by atoms with E-state index in [2.05, 4.69) is 25.9 Å². The molecule has 1 aromatic carbocycles. The molecule has 0 aliphatic carbocycles. The molecule has 0 unspecified atom stereocenters. The van der Waals surface area contributed by atoms with Crippen LogP contribution in [0, 0.1) is 0 Å². The van der Waals surface area contributed by atoms with Gasteiger partial charge in [0, 0.05) is 15.6 Å². The number of benzene rings is 1. The summed E-state index contributed by atoms with van der Waals surface area (Å²) >= 11 is 3.41. The van der Waals surface area contributed by atoms with E-state index < -0.39 is 0 Å². The van der Waals surface area contributed by atoms with Crippen LogP contribution in [-0.4, -0.2) is 9.97 Å². The van der Waals surface area contributed by atoms with E-state index in [-0.39, 0.29) is 11.6 Å². The molecular weight excluding hydrogens is 256 g/mol. The molecule has 0 aliphatic heterocycles. The van der Waals surface area contributed by atoms with Gasteiger partial charge in [0.15, 0.2) is 0 Å². The number of aromatic amines is 1. The maximum Gasteiger partial charge on any atom is 0.345 e. The molecule has 3 nitrogen and oxygen atoms in total. The molecule has 78 valence electrons. The van der Waals surface area contributed by atoms with Gasteiger partial charge in [-0.3, -0.25) is 0 Å². The third kappa shape index (κ3) is 1.95. The largest absolute Gasteiger partial charge is 0.345 e. The van der Waals surface area contributed by atoms with Gasteiger partial charge in [0.2, 0.25) is 0 Å². The van der Waals surface area contributed by atoms with Crippen molar-refractivity contribution >= 4 is 26.8 Å². The number of fused-ring (bicyclic) bond motifs is 1. The first-order valence-corrected chi connectivity index (χ1v) is 5.56. The molecule has 0 fully saturated rings. The summed E-state index contributed by atoms with van der Waals surface area (Å²) in [6.45, 7) is 4.09. The van der Waals surface area contributed by atoms with Crippen molar-refractivity contribution in [3.8, 4) is 0 Å². The predicted octanol–water partition coefficient (Wildman–Crippen LogP) is 2.81. The fourth-order valence-corrected chi connectivity index (χ4v) is 1.96. The Bertz CT molecular complexity index is 560. The summed E-state index contributed by atoms with van der Waals surface area (Å²) in [4.78, 5) is 18.0. The summed E-state index contributed by atoms with van der Waals surface area (Å²) in [5, 5.41) is 0.999. The van der Waals surface area contributed by atoms with E-state index in [1.807, 2.05) is 32.0 Å². The molecule has 0 atom stereocenters. The topological polar surface area (TPSA) is 45.8 Å². The summed E-state index contributed by atoms with van der Waals surface area (Å²) in [7, 11) is 0. The van der Waals surface area contributed by atoms with E-state index in [1.165, 1.54) is 0 Å². The zero-order chi connectivity index (χ0) is 11.0. The first-order valence-electron chi connectivity index (χ1n) is 4.77. The molecule has 15 heavy (non-hydrogen) atoms. The number of nitrogens with zero attached hydrogens (tertiary/aromatic N) is 1. The summed E-state index contributed by atoms with van der Waals surface area (Å²) in [5.74, 6) is 0.275. The van der Waals surface area contributed by atoms with Crippen LogP contribution in [0.2, 0.25) is 0 Å². The van der Waals surface area contributed by atoms with Crippen LogP contribution in [0.5, 0.6) is 0 Å². The maximum absolute atomic E-state index is 11.3. The standard InChI is InChI=1S/C11H11BrN2O/c1-6(2)10-8-5-7(12)3-4-9(8)13-11(15)14-10/h3-6H,1-2H3,(H,13,14,15). The Kier molecular flexibility index (Phi) is 2.61. The van der Waals surface area contributed by atoms with Gasteiger partial charge in [-0.15, -0.1) is 0 Å². The zero-order valence-corrected chi connectivity index (χ0v) is 10.1. The number of aromatic nitrogens is 2. The Morgan fingerprint density at radius 3 is 2.80 bits per heavy atom. The molecule has 0 saturated carbocycles. The van der Waals surface area contributed by atoms with Crippen molar-refractivity contribution in [2.45, 2.75) is 19.8 Å². The van der Waals surface area contributed by atoms with E-state index in [1.54, 1.807) is 0 Å². The average molecular weight is 267 g/mol. The van der Waals surface area contributed by atoms with Gasteiger partial charge in [0.25, 0.3) is 0 Å². The smallest absolute Gasteiger partial charge is 0.309 e. The minimum Gasteiger partial charge on any atom is -0.309 e. The van der Waals surface area contributed by atoms with E-state index in [0.717, 1.165) is 21.1 Å². The van der Waals surface area contributed by atoms with Gasteiger partial charge in [0.05, 0.1) is 5.52 Å². The third-order valence-electron chi connectivity index (χ3n) is 2.29. The highest BCUT2D eigenvalue weighted by molar-refractivity contribution is 9.10. The van der Waals surface area contributed by atoms with Gasteiger partial charge in [0.1, 0.15) is 0 Å². The van der Waals surface area contributed by atoms with Crippen LogP contribution >= 0.6 is 15.9 Å². The van der Waals surface area contributed by atoms with Crippen LogP contribution in [-0.2, 0) is 0 Å². The second-order valence-electron chi connectivity index (χ2n) is 3.77. The molecule has 0 spiro atoms. The average Bonchev–Trinajstić information content (AvgIpc) is 2.17. The molecule has 2 aromatic rings. The molecular formula is C11H11BrN2O. The fourth-order valence-electron chi connectivity index (χ4n) is 1.60. The molecule has 0 amide bonds. The van der Waals surface area contributed by atoms with Crippen molar-refractivity contribution in [1.29, 1.82) is 0 Å². The first kappa shape index (κ1) is 10.4. The van der Waals surface area contributed by atoms with Gasteiger partial charge in [-0.2, -0.15) is 4.98 Å². The van der Waals surface area contributed by atoms with E-state index in [0.29, 0.717) is 0 Å². The van der Waals surface area contributed by atoms with E-state index in [4.69, 9.17) is 0 Å². The van der Waals surface area contributed by atoms with Gasteiger partial charge in [-0.25, -0.2) is 4.79 Å². The van der Waals surface area contributed by atoms with Crippen LogP contribution in [0.25, 0.3) is 10.9 Å². The van der Waals surface area contributed by atoms with Crippen LogP contribution in [0.15, 0.2) is 27.5 Å². The van der Waals surface area contributed by atoms with Crippen molar-refractivity contribution < 1.29 is 0 Å². The molecule has 1 heterocycles. The SMILES string of the molecule is CC(C)c1[nH]c(=O)nc2ccc(Br)cc12. The highest BCUT2D eigenvalue weighted by Crippen LogP contribution is 2.23. The minimum atomic E-state index is -0.284. The molecule has 1 N–H and O–H groups in total. The number of hydrogen-bond donors (Lipinski definition) is 1. The molecule has 0 aliphatic rings. The number of nitrogens with one attached hydrogen (secondary N) is 1. The Hall–Kier alpha value is -1.16. The van der Waals surface area contributed by atoms with Crippen molar-refractivity contribution in [3.63, 3.8) is 0 Å². The highest BCUT2D eigenvalue weighted by Gasteiger charge is 2.08. The third-order valence-corrected chi connectivity index (χ3v) is 2.78. The molecule has 0 radical (unpaired) electrons. The van der Waals surface area contributed by atoms with E-state index in [9.17, 15) is 4.79 Å². The molecule has 0 bridgehead atoms. The van der Waals surface area contributed by atoms with E-state index >= 15 is 0 Å². The number of H-pyrrole nitrogens is 1. The molecule has 0 saturated heterocycles. The van der Waals surface area contributed by atoms with Crippen LogP contribution < -0.4 is 5.69 Å². The monoisotopic (exact) mass is 266 g/mol. The summed E-state index contributed by atoms with van der Waals surface area (Å²) in [6, 6.07) is 5.72. The van der Waals surface area contributed by atoms with Crippen LogP contribution in [0.3, 0.4) is 0 Å². The lowest BCUT2D eigenvalue weighted by Crippen LogP contribution is -2.13. The quantitative estimate of drug-likeness (QED) is 0.863. The van der Waals surface area contributed by atoms with Gasteiger partial charge in [-0.1, -0.05) is 29.8 Å². The van der Waals surface area contributed by atoms with Crippen molar-refractivity contribution in [3.05, 3.63) is 38.9 Å². The van der Waals surface area contributed by atoms with Gasteiger partial charge < -0.3 is 4.98 Å². The van der Waals surface area contributed by atoms with Crippen molar-refractivity contribution in [1.82, 2.24) is 9.97 Å². The van der Waals surface area contributed by atoms with Crippen LogP contribution in [0.1, 0.15) is 25.5 Å². The Morgan fingerprint density at radius 2 is 2.13 bits per heavy atom. The van der Waals surface area contributed by atoms with Crippen LogP contribution in [0.4, 0.5) is 0 Å². The van der Waals surface area contributed by atoms with Gasteiger partial charge >= 0.3 is 5.69 Å². The second-order valence-corrected chi connectivity index (χ2v) is 4.69. The second kappa shape index (κ2) is 3.77. The minimum absolute atomic E-state index is 0.275. The molecule has 1 aromatic heterocycles. The number of rotatable bonds is 1. The highest BCUT2D eigenvalue weighted by atomic mass is 79.9. The lowest BCUT2D eigenvalue weighted by molar-refractivity contribution is 0.818. The van der Waals surface area contributed by atoms with Crippen molar-refractivity contribution in [2.75, 3.05) is 0 Å². The number of halogens is 1. The lowest BCUT2D eigenvalue weighted by atomic mass is 10.1. The predicted molar refractivity (Wildman–Crippen MR) is 64.2 cm³/mol. The summed E-state index contributed by atoms with van der Waals surface area (Å²) in [6.07, 6.45) is 0. The van der Waals surface area contributed by atoms with Crippen molar-refractivity contribution in [2.24, 2.45) is 0 Å². The number of hydrogen-bond acceptors (Lipinski definition) is 2. The first-order chi connectivity index (χ1) is 7.08. The molecule has 2 rings (SSSR count). The maximum atomic E-state index is 11.3.